The number of aromatic nitrogens is 1. The number of nitrogens with two attached hydrogens (primary N) is 4. The Labute approximate surface area is 582 Å². The van der Waals surface area contributed by atoms with E-state index in [-0.39, 0.29) is 51.5 Å². The molecule has 22 N–H and O–H groups in total. The highest BCUT2D eigenvalue weighted by molar-refractivity contribution is 7.98. The van der Waals surface area contributed by atoms with E-state index in [0.717, 1.165) is 0 Å². The van der Waals surface area contributed by atoms with Crippen LogP contribution in [0.1, 0.15) is 124 Å². The molecule has 36 heteroatoms. The van der Waals surface area contributed by atoms with E-state index in [0.29, 0.717) is 53.8 Å². The number of carboxylic acids is 2. The number of amides is 13. The summed E-state index contributed by atoms with van der Waals surface area (Å²) in [6.45, 7) is 7.13. The molecule has 1 aromatic carbocycles. The Kier molecular flexibility index (Phi) is 36.8. The molecule has 0 aliphatic carbocycles. The summed E-state index contributed by atoms with van der Waals surface area (Å²) < 4.78 is 0. The van der Waals surface area contributed by atoms with Crippen LogP contribution in [0.2, 0.25) is 0 Å². The van der Waals surface area contributed by atoms with Crippen molar-refractivity contribution in [2.24, 2.45) is 34.8 Å². The van der Waals surface area contributed by atoms with Gasteiger partial charge in [-0.15, -0.1) is 0 Å². The van der Waals surface area contributed by atoms with Crippen molar-refractivity contribution in [2.75, 3.05) is 43.7 Å². The molecule has 552 valence electrons. The molecule has 99 heavy (non-hydrogen) atoms. The zero-order valence-electron chi connectivity index (χ0n) is 56.9. The number of carboxylic acid groups (broad SMARTS) is 2. The van der Waals surface area contributed by atoms with Crippen molar-refractivity contribution in [3.05, 3.63) is 36.0 Å². The number of hydrogen-bond acceptors (Lipinski definition) is 20. The first-order chi connectivity index (χ1) is 46.9. The molecule has 2 aromatic rings. The number of fused-ring (bicyclic) bond motifs is 1. The van der Waals surface area contributed by atoms with Crippen molar-refractivity contribution in [1.29, 1.82) is 0 Å². The van der Waals surface area contributed by atoms with E-state index in [1.807, 2.05) is 0 Å². The van der Waals surface area contributed by atoms with Gasteiger partial charge in [0, 0.05) is 36.5 Å². The number of carbonyl (C=O) groups is 15. The highest BCUT2D eigenvalue weighted by Crippen LogP contribution is 2.24. The molecule has 1 fully saturated rings. The number of benzene rings is 1. The summed E-state index contributed by atoms with van der Waals surface area (Å²) in [6, 6.07) is -10.9. The van der Waals surface area contributed by atoms with Crippen molar-refractivity contribution < 1.29 is 87.2 Å². The largest absolute Gasteiger partial charge is 0.481 e. The molecule has 1 saturated heterocycles. The third-order valence-electron chi connectivity index (χ3n) is 16.8. The van der Waals surface area contributed by atoms with Gasteiger partial charge in [0.2, 0.25) is 76.8 Å². The van der Waals surface area contributed by atoms with E-state index in [1.165, 1.54) is 35.3 Å². The lowest BCUT2D eigenvalue weighted by atomic mass is 9.96. The van der Waals surface area contributed by atoms with Crippen LogP contribution in [0.25, 0.3) is 10.9 Å². The maximum Gasteiger partial charge on any atom is 0.326 e. The topological polar surface area (TPSA) is 560 Å². The Morgan fingerprint density at radius 2 is 1.08 bits per heavy atom. The summed E-state index contributed by atoms with van der Waals surface area (Å²) in [5.74, 6) is -15.9. The Morgan fingerprint density at radius 1 is 0.586 bits per heavy atom. The average Bonchev–Trinajstić information content (AvgIpc) is 1.77. The van der Waals surface area contributed by atoms with Gasteiger partial charge in [-0.1, -0.05) is 65.2 Å². The second-order valence-electron chi connectivity index (χ2n) is 24.4. The van der Waals surface area contributed by atoms with Crippen LogP contribution in [-0.4, -0.2) is 230 Å². The van der Waals surface area contributed by atoms with Crippen molar-refractivity contribution in [2.45, 2.75) is 197 Å². The minimum absolute atomic E-state index is 0.0258. The van der Waals surface area contributed by atoms with Gasteiger partial charge in [0.25, 0.3) is 0 Å². The molecule has 13 amide bonds. The molecule has 2 heterocycles. The van der Waals surface area contributed by atoms with E-state index in [1.54, 1.807) is 70.7 Å². The second-order valence-corrected chi connectivity index (χ2v) is 26.4. The first-order valence-electron chi connectivity index (χ1n) is 32.8. The molecule has 0 spiro atoms. The second kappa shape index (κ2) is 43.0. The number of H-pyrrole nitrogens is 1. The van der Waals surface area contributed by atoms with Gasteiger partial charge in [-0.25, -0.2) is 4.79 Å². The van der Waals surface area contributed by atoms with Crippen LogP contribution < -0.4 is 76.1 Å². The number of likely N-dealkylation sites (tertiary alicyclic amines) is 1. The quantitative estimate of drug-likeness (QED) is 0.0284. The van der Waals surface area contributed by atoms with Gasteiger partial charge >= 0.3 is 11.9 Å². The number of nitrogens with zero attached hydrogens (tertiary/aromatic N) is 1. The number of hydrogen-bond donors (Lipinski definition) is 18. The lowest BCUT2D eigenvalue weighted by Crippen LogP contribution is -2.62. The number of para-hydroxylation sites is 1. The minimum atomic E-state index is -1.88. The molecular formula is C63H100N16O18S2. The molecule has 0 radical (unpaired) electrons. The monoisotopic (exact) mass is 1430 g/mol. The van der Waals surface area contributed by atoms with Gasteiger partial charge in [0.05, 0.1) is 25.5 Å². The SMILES string of the molecule is CC[C@H](C)[C@H](NC(=O)[C@@H](N)CCCCN)C(=O)N[C@@H](CC(N)=O)C(=O)N[C@@H](CC(N)=O)C(=O)N[C@H](C(=O)N1CCC[C@H]1C(=O)N[C@@H](Cc1c[nH]c2ccccc12)C(=O)N[C@@H](CO)C(=O)N[C@@H](CCC(=O)O)C(=O)N[C@@H](C)C(=O)N[C@@H](CCSC)C(=O)N[C@@H](CCSC)C(=O)O)[C@@H](C)CC. The highest BCUT2D eigenvalue weighted by Gasteiger charge is 2.43. The Balaban J connectivity index is 1.91. The lowest BCUT2D eigenvalue weighted by molar-refractivity contribution is -0.144. The summed E-state index contributed by atoms with van der Waals surface area (Å²) in [5.41, 5.74) is 23.8. The smallest absolute Gasteiger partial charge is 0.326 e. The van der Waals surface area contributed by atoms with E-state index in [4.69, 9.17) is 22.9 Å². The van der Waals surface area contributed by atoms with Crippen LogP contribution in [0.4, 0.5) is 0 Å². The lowest BCUT2D eigenvalue weighted by Gasteiger charge is -2.33. The van der Waals surface area contributed by atoms with Crippen molar-refractivity contribution >= 4 is 123 Å². The number of aliphatic hydroxyl groups excluding tert-OH is 1. The maximum absolute atomic E-state index is 14.9. The van der Waals surface area contributed by atoms with Gasteiger partial charge in [-0.3, -0.25) is 67.1 Å². The number of unbranched alkanes of at least 4 members (excludes halogenated alkanes) is 1. The predicted octanol–water partition coefficient (Wildman–Crippen LogP) is -3.68. The fourth-order valence-corrected chi connectivity index (χ4v) is 11.5. The van der Waals surface area contributed by atoms with Crippen molar-refractivity contribution in [3.63, 3.8) is 0 Å². The summed E-state index contributed by atoms with van der Waals surface area (Å²) in [4.78, 5) is 207. The molecule has 34 nitrogen and oxygen atoms in total. The van der Waals surface area contributed by atoms with Gasteiger partial charge < -0.3 is 101 Å². The third kappa shape index (κ3) is 27.6. The van der Waals surface area contributed by atoms with Crippen LogP contribution >= 0.6 is 23.5 Å². The van der Waals surface area contributed by atoms with Gasteiger partial charge in [-0.05, 0) is 106 Å². The first kappa shape index (κ1) is 84.6. The minimum Gasteiger partial charge on any atom is -0.481 e. The fraction of sp³-hybridized carbons (Fsp3) is 0.635. The molecule has 0 unspecified atom stereocenters. The van der Waals surface area contributed by atoms with Gasteiger partial charge in [-0.2, -0.15) is 23.5 Å². The molecular weight excluding hydrogens is 1330 g/mol. The number of aromatic amines is 1. The van der Waals surface area contributed by atoms with Crippen molar-refractivity contribution in [1.82, 2.24) is 63.1 Å². The number of aliphatic carboxylic acids is 2. The number of nitrogens with one attached hydrogen (secondary N) is 11. The highest BCUT2D eigenvalue weighted by atomic mass is 32.2. The van der Waals surface area contributed by atoms with Crippen LogP contribution in [0.5, 0.6) is 0 Å². The Bertz CT molecular complexity index is 3140. The number of thioether (sulfide) groups is 2. The maximum atomic E-state index is 14.9. The van der Waals surface area contributed by atoms with Crippen LogP contribution in [0, 0.1) is 11.8 Å². The van der Waals surface area contributed by atoms with E-state index in [2.05, 4.69) is 58.2 Å². The molecule has 3 rings (SSSR count). The Hall–Kier alpha value is -8.61. The molecule has 1 aromatic heterocycles. The van der Waals surface area contributed by atoms with Gasteiger partial charge in [0.15, 0.2) is 0 Å². The molecule has 1 aliphatic rings. The van der Waals surface area contributed by atoms with E-state index in [9.17, 15) is 87.2 Å². The predicted molar refractivity (Wildman–Crippen MR) is 367 cm³/mol. The Morgan fingerprint density at radius 3 is 1.66 bits per heavy atom. The summed E-state index contributed by atoms with van der Waals surface area (Å²) in [7, 11) is 0. The molecule has 14 atom stereocenters. The zero-order chi connectivity index (χ0) is 74.2. The van der Waals surface area contributed by atoms with Crippen molar-refractivity contribution in [3.8, 4) is 0 Å². The summed E-state index contributed by atoms with van der Waals surface area (Å²) in [6.07, 6.45) is 4.26. The standard InChI is InChI=1S/C63H100N16O18S2/c1-8-32(3)50(77-53(86)37(65)16-12-13-23-64)61(94)75-43(28-47(66)81)57(90)73-44(29-48(67)82)58(91)78-51(33(4)9-2)62(95)79-24-14-18-46(79)60(93)74-42(27-35-30-68-38-17-11-10-15-36(35)38)56(89)76-45(31-80)59(92)71-39(19-20-49(83)84)54(87)69-34(5)52(85)70-40(21-25-98-6)55(88)72-41(63(96)97)22-26-99-7/h10-11,15,17,30,32-34,37,39-46,50-51,68,80H,8-9,12-14,16,18-29,31,64-65H2,1-7H3,(H2,66,81)(H2,67,82)(H,69,87)(H,70,85)(H,71,92)(H,72,88)(H,73,90)(H,74,93)(H,75,94)(H,76,89)(H,77,86)(H,78,91)(H,83,84)(H,96,97)/t32-,33-,34-,37-,39-,40-,41-,42-,43-,44-,45-,46-,50-,51-/m0/s1. The fourth-order valence-electron chi connectivity index (χ4n) is 10.6. The number of carbonyl (C=O) groups excluding carboxylic acids is 13. The first-order valence-corrected chi connectivity index (χ1v) is 35.6. The molecule has 0 saturated carbocycles. The molecule has 1 aliphatic heterocycles. The summed E-state index contributed by atoms with van der Waals surface area (Å²) in [5, 5.41) is 55.2. The normalized spacial score (nSPS) is 16.7. The van der Waals surface area contributed by atoms with E-state index >= 15 is 0 Å². The van der Waals surface area contributed by atoms with E-state index < -0.39 is 205 Å². The third-order valence-corrected chi connectivity index (χ3v) is 18.1. The zero-order valence-corrected chi connectivity index (χ0v) is 58.6. The molecule has 0 bridgehead atoms. The van der Waals surface area contributed by atoms with Crippen LogP contribution in [0.3, 0.4) is 0 Å². The van der Waals surface area contributed by atoms with Crippen LogP contribution in [-0.2, 0) is 78.3 Å². The summed E-state index contributed by atoms with van der Waals surface area (Å²) >= 11 is 2.71. The van der Waals surface area contributed by atoms with Gasteiger partial charge in [0.1, 0.15) is 66.5 Å². The number of aliphatic hydroxyl groups is 1. The average molecular weight is 1430 g/mol. The number of primary amides is 2. The van der Waals surface area contributed by atoms with Crippen LogP contribution in [0.15, 0.2) is 30.5 Å². The number of rotatable bonds is 46.